The Balaban J connectivity index is 3.16. The predicted molar refractivity (Wildman–Crippen MR) is 44.4 cm³/mol. The van der Waals surface area contributed by atoms with Crippen LogP contribution in [0.3, 0.4) is 0 Å². The lowest BCUT2D eigenvalue weighted by atomic mass is 9.85. The summed E-state index contributed by atoms with van der Waals surface area (Å²) < 4.78 is 0. The number of rotatable bonds is 2. The van der Waals surface area contributed by atoms with Crippen molar-refractivity contribution >= 4 is 30.8 Å². The summed E-state index contributed by atoms with van der Waals surface area (Å²) in [5.41, 5.74) is 0.865. The molecule has 1 aromatic carbocycles. The molecule has 4 heteroatoms. The first kappa shape index (κ1) is 8.30. The summed E-state index contributed by atoms with van der Waals surface area (Å²) >= 11 is 5.61. The van der Waals surface area contributed by atoms with Crippen LogP contribution in [0.25, 0.3) is 0 Å². The van der Waals surface area contributed by atoms with E-state index in [1.807, 2.05) is 0 Å². The van der Waals surface area contributed by atoms with Gasteiger partial charge in [-0.3, -0.25) is 4.79 Å². The molecule has 0 aliphatic heterocycles. The van der Waals surface area contributed by atoms with Gasteiger partial charge in [0.15, 0.2) is 0 Å². The van der Waals surface area contributed by atoms with E-state index in [-0.39, 0.29) is 0 Å². The lowest BCUT2D eigenvalue weighted by Crippen LogP contribution is -2.18. The van der Waals surface area contributed by atoms with Crippen molar-refractivity contribution in [2.45, 2.75) is 0 Å². The van der Waals surface area contributed by atoms with Crippen molar-refractivity contribution in [2.24, 2.45) is 0 Å². The molecule has 0 fully saturated rings. The fourth-order valence-corrected chi connectivity index (χ4v) is 0.945. The summed E-state index contributed by atoms with van der Waals surface area (Å²) in [6.07, 6.45) is 0.665. The van der Waals surface area contributed by atoms with Crippen molar-refractivity contribution < 1.29 is 9.82 Å². The zero-order valence-corrected chi connectivity index (χ0v) is 6.38. The van der Waals surface area contributed by atoms with Gasteiger partial charge in [-0.15, -0.1) is 0 Å². The van der Waals surface area contributed by atoms with Crippen molar-refractivity contribution in [3.05, 3.63) is 28.8 Å². The van der Waals surface area contributed by atoms with E-state index in [2.05, 4.69) is 0 Å². The second kappa shape index (κ2) is 3.55. The van der Waals surface area contributed by atoms with Crippen LogP contribution in [0.15, 0.2) is 18.2 Å². The van der Waals surface area contributed by atoms with E-state index in [9.17, 15) is 4.79 Å². The van der Waals surface area contributed by atoms with Gasteiger partial charge in [-0.1, -0.05) is 17.7 Å². The maximum atomic E-state index is 10.3. The van der Waals surface area contributed by atoms with E-state index in [0.717, 1.165) is 7.48 Å². The van der Waals surface area contributed by atoms with Crippen LogP contribution in [0.4, 0.5) is 0 Å². The van der Waals surface area contributed by atoms with Crippen molar-refractivity contribution in [2.75, 3.05) is 0 Å². The van der Waals surface area contributed by atoms with Gasteiger partial charge in [0, 0.05) is 10.6 Å². The molecule has 0 saturated carbocycles. The molecule has 0 amide bonds. The number of hydrogen-bond acceptors (Lipinski definition) is 2. The summed E-state index contributed by atoms with van der Waals surface area (Å²) in [7, 11) is 0.857. The molecular weight excluding hydrogens is 162 g/mol. The van der Waals surface area contributed by atoms with Crippen LogP contribution in [0, 0.1) is 0 Å². The summed E-state index contributed by atoms with van der Waals surface area (Å²) in [5.74, 6) is 0. The average Bonchev–Trinajstić information content (AvgIpc) is 2.04. The van der Waals surface area contributed by atoms with Gasteiger partial charge in [0.05, 0.1) is 0 Å². The minimum atomic E-state index is 0.428. The maximum absolute atomic E-state index is 10.3. The molecule has 1 rings (SSSR count). The highest BCUT2D eigenvalue weighted by molar-refractivity contribution is 6.48. The Kier molecular flexibility index (Phi) is 2.68. The van der Waals surface area contributed by atoms with E-state index in [1.165, 1.54) is 6.07 Å². The number of aldehydes is 1. The van der Waals surface area contributed by atoms with E-state index in [0.29, 0.717) is 22.3 Å². The molecule has 0 atom stereocenters. The molecule has 1 N–H and O–H groups in total. The van der Waals surface area contributed by atoms with Crippen LogP contribution >= 0.6 is 11.6 Å². The second-order valence-electron chi connectivity index (χ2n) is 2.02. The topological polar surface area (TPSA) is 37.3 Å². The zero-order valence-electron chi connectivity index (χ0n) is 5.62. The van der Waals surface area contributed by atoms with Gasteiger partial charge < -0.3 is 5.02 Å². The van der Waals surface area contributed by atoms with Crippen LogP contribution in [-0.2, 0) is 0 Å². The van der Waals surface area contributed by atoms with Crippen LogP contribution in [0.1, 0.15) is 10.4 Å². The highest BCUT2D eigenvalue weighted by Crippen LogP contribution is 2.05. The van der Waals surface area contributed by atoms with Crippen LogP contribution in [0.2, 0.25) is 5.02 Å². The average molecular weight is 167 g/mol. The predicted octanol–water partition coefficient (Wildman–Crippen LogP) is 0.389. The quantitative estimate of drug-likeness (QED) is 0.511. The molecule has 0 spiro atoms. The number of halogens is 1. The Hall–Kier alpha value is -0.795. The molecule has 11 heavy (non-hydrogen) atoms. The van der Waals surface area contributed by atoms with Crippen LogP contribution in [-0.4, -0.2) is 18.8 Å². The standard InChI is InChI=1S/C7H5BClO2/c9-6-2-1-5(4-10)7(3-6)8-11/h1-4,11H. The van der Waals surface area contributed by atoms with Gasteiger partial charge in [-0.05, 0) is 17.6 Å². The summed E-state index contributed by atoms with van der Waals surface area (Å²) in [5, 5.41) is 9.13. The summed E-state index contributed by atoms with van der Waals surface area (Å²) in [4.78, 5) is 10.3. The normalized spacial score (nSPS) is 9.27. The fourth-order valence-electron chi connectivity index (χ4n) is 0.765. The molecule has 55 valence electrons. The van der Waals surface area contributed by atoms with Crippen molar-refractivity contribution in [1.29, 1.82) is 0 Å². The Morgan fingerprint density at radius 1 is 1.55 bits per heavy atom. The van der Waals surface area contributed by atoms with E-state index < -0.39 is 0 Å². The Labute approximate surface area is 70.1 Å². The first-order chi connectivity index (χ1) is 5.27. The monoisotopic (exact) mass is 167 g/mol. The third kappa shape index (κ3) is 1.82. The second-order valence-corrected chi connectivity index (χ2v) is 2.46. The van der Waals surface area contributed by atoms with Crippen LogP contribution in [0.5, 0.6) is 0 Å². The Morgan fingerprint density at radius 2 is 2.27 bits per heavy atom. The van der Waals surface area contributed by atoms with Crippen molar-refractivity contribution in [3.63, 3.8) is 0 Å². The molecular formula is C7H5BClO2. The number of carbonyl (C=O) groups excluding carboxylic acids is 1. The van der Waals surface area contributed by atoms with Gasteiger partial charge in [0.2, 0.25) is 0 Å². The van der Waals surface area contributed by atoms with E-state index in [4.69, 9.17) is 16.6 Å². The summed E-state index contributed by atoms with van der Waals surface area (Å²) in [6.45, 7) is 0. The molecule has 2 nitrogen and oxygen atoms in total. The number of hydrogen-bond donors (Lipinski definition) is 1. The zero-order chi connectivity index (χ0) is 8.27. The van der Waals surface area contributed by atoms with Crippen molar-refractivity contribution in [1.82, 2.24) is 0 Å². The third-order valence-corrected chi connectivity index (χ3v) is 1.55. The molecule has 0 aliphatic rings. The van der Waals surface area contributed by atoms with Crippen molar-refractivity contribution in [3.8, 4) is 0 Å². The lowest BCUT2D eigenvalue weighted by Gasteiger charge is -1.98. The molecule has 0 aliphatic carbocycles. The Morgan fingerprint density at radius 3 is 2.82 bits per heavy atom. The number of benzene rings is 1. The molecule has 0 aromatic heterocycles. The highest BCUT2D eigenvalue weighted by atomic mass is 35.5. The van der Waals surface area contributed by atoms with Crippen LogP contribution < -0.4 is 5.46 Å². The third-order valence-electron chi connectivity index (χ3n) is 1.31. The van der Waals surface area contributed by atoms with Gasteiger partial charge in [-0.25, -0.2) is 0 Å². The molecule has 0 heterocycles. The van der Waals surface area contributed by atoms with Gasteiger partial charge >= 0.3 is 7.48 Å². The Bertz CT molecular complexity index is 275. The number of carbonyl (C=O) groups is 1. The first-order valence-electron chi connectivity index (χ1n) is 3.00. The largest absolute Gasteiger partial charge is 0.450 e. The molecule has 0 bridgehead atoms. The highest BCUT2D eigenvalue weighted by Gasteiger charge is 2.01. The smallest absolute Gasteiger partial charge is 0.327 e. The molecule has 0 saturated heterocycles. The fraction of sp³-hybridized carbons (Fsp3) is 0. The minimum absolute atomic E-state index is 0.428. The van der Waals surface area contributed by atoms with Gasteiger partial charge in [0.25, 0.3) is 0 Å². The van der Waals surface area contributed by atoms with E-state index in [1.54, 1.807) is 12.1 Å². The molecule has 1 aromatic rings. The molecule has 1 radical (unpaired) electrons. The lowest BCUT2D eigenvalue weighted by molar-refractivity contribution is 0.112. The maximum Gasteiger partial charge on any atom is 0.327 e. The van der Waals surface area contributed by atoms with E-state index >= 15 is 0 Å². The first-order valence-corrected chi connectivity index (χ1v) is 3.38. The summed E-state index contributed by atoms with van der Waals surface area (Å²) in [6, 6.07) is 4.67. The van der Waals surface area contributed by atoms with Gasteiger partial charge in [0.1, 0.15) is 6.29 Å². The SMILES string of the molecule is O=Cc1ccc(Cl)cc1[B]O. The minimum Gasteiger partial charge on any atom is -0.450 e. The molecule has 0 unspecified atom stereocenters. The van der Waals surface area contributed by atoms with Gasteiger partial charge in [-0.2, -0.15) is 0 Å².